The highest BCUT2D eigenvalue weighted by Gasteiger charge is 2.25. The monoisotopic (exact) mass is 402 g/mol. The van der Waals surface area contributed by atoms with Crippen LogP contribution in [0.5, 0.6) is 0 Å². The van der Waals surface area contributed by atoms with E-state index in [2.05, 4.69) is 14.8 Å². The lowest BCUT2D eigenvalue weighted by Crippen LogP contribution is -2.47. The fraction of sp³-hybridized carbons (Fsp3) is 0.529. The van der Waals surface area contributed by atoms with E-state index in [0.29, 0.717) is 38.0 Å². The zero-order chi connectivity index (χ0) is 19.4. The number of methoxy groups -OCH3 is 1. The van der Waals surface area contributed by atoms with Crippen molar-refractivity contribution in [2.75, 3.05) is 25.7 Å². The van der Waals surface area contributed by atoms with Gasteiger partial charge in [-0.15, -0.1) is 0 Å². The van der Waals surface area contributed by atoms with Gasteiger partial charge in [0.2, 0.25) is 15.9 Å². The van der Waals surface area contributed by atoms with Gasteiger partial charge in [-0.25, -0.2) is 8.42 Å². The number of sulfonamides is 1. The molecule has 0 saturated carbocycles. The third-order valence-corrected chi connectivity index (χ3v) is 5.74. The first-order chi connectivity index (χ1) is 12.4. The quantitative estimate of drug-likeness (QED) is 0.406. The minimum absolute atomic E-state index is 0.125. The van der Waals surface area contributed by atoms with E-state index in [0.717, 1.165) is 0 Å². The lowest BCUT2D eigenvalue weighted by atomic mass is 10.2. The molecule has 0 spiro atoms. The van der Waals surface area contributed by atoms with Gasteiger partial charge in [-0.1, -0.05) is 18.2 Å². The molecule has 1 aromatic carbocycles. The molecule has 146 valence electrons. The van der Waals surface area contributed by atoms with Gasteiger partial charge in [-0.2, -0.15) is 16.5 Å². The molecule has 0 aliphatic heterocycles. The average molecular weight is 403 g/mol. The second-order valence-corrected chi connectivity index (χ2v) is 8.29. The van der Waals surface area contributed by atoms with Crippen molar-refractivity contribution >= 4 is 33.7 Å². The number of nitrogens with one attached hydrogen (secondary N) is 2. The molecule has 1 atom stereocenters. The first-order valence-electron chi connectivity index (χ1n) is 8.31. The zero-order valence-electron chi connectivity index (χ0n) is 15.1. The predicted molar refractivity (Wildman–Crippen MR) is 102 cm³/mol. The van der Waals surface area contributed by atoms with Crippen molar-refractivity contribution in [1.29, 1.82) is 0 Å². The molecule has 0 saturated heterocycles. The Morgan fingerprint density at radius 1 is 1.19 bits per heavy atom. The van der Waals surface area contributed by atoms with E-state index < -0.39 is 16.1 Å². The predicted octanol–water partition coefficient (Wildman–Crippen LogP) is 1.55. The highest BCUT2D eigenvalue weighted by atomic mass is 32.2. The van der Waals surface area contributed by atoms with Crippen LogP contribution in [0.25, 0.3) is 0 Å². The lowest BCUT2D eigenvalue weighted by molar-refractivity contribution is -0.140. The molecule has 1 amide bonds. The van der Waals surface area contributed by atoms with Gasteiger partial charge < -0.3 is 10.1 Å². The van der Waals surface area contributed by atoms with Crippen molar-refractivity contribution in [3.8, 4) is 0 Å². The van der Waals surface area contributed by atoms with E-state index in [4.69, 9.17) is 0 Å². The number of benzene rings is 1. The van der Waals surface area contributed by atoms with Gasteiger partial charge in [-0.05, 0) is 43.4 Å². The molecule has 0 aliphatic rings. The maximum absolute atomic E-state index is 12.4. The molecule has 1 aromatic rings. The molecule has 0 aliphatic carbocycles. The summed E-state index contributed by atoms with van der Waals surface area (Å²) < 4.78 is 31.9. The minimum atomic E-state index is -3.77. The molecule has 0 aromatic heterocycles. The van der Waals surface area contributed by atoms with Crippen LogP contribution in [0.1, 0.15) is 25.7 Å². The fourth-order valence-electron chi connectivity index (χ4n) is 2.17. The number of rotatable bonds is 12. The summed E-state index contributed by atoms with van der Waals surface area (Å²) in [5.41, 5.74) is 0. The van der Waals surface area contributed by atoms with Crippen LogP contribution >= 0.6 is 11.8 Å². The normalized spacial score (nSPS) is 12.4. The van der Waals surface area contributed by atoms with E-state index >= 15 is 0 Å². The van der Waals surface area contributed by atoms with Gasteiger partial charge in [0.1, 0.15) is 6.04 Å². The van der Waals surface area contributed by atoms with Crippen LogP contribution in [0.4, 0.5) is 0 Å². The van der Waals surface area contributed by atoms with Crippen LogP contribution in [0, 0.1) is 0 Å². The van der Waals surface area contributed by atoms with Crippen molar-refractivity contribution in [2.24, 2.45) is 0 Å². The second-order valence-electron chi connectivity index (χ2n) is 5.59. The zero-order valence-corrected chi connectivity index (χ0v) is 16.7. The van der Waals surface area contributed by atoms with E-state index in [1.54, 1.807) is 30.0 Å². The second kappa shape index (κ2) is 11.9. The Hall–Kier alpha value is -1.58. The SMILES string of the molecule is COC(=O)CCCCNC(=O)C(CCSC)NS(=O)(=O)c1ccccc1. The third kappa shape index (κ3) is 8.20. The molecule has 0 radical (unpaired) electrons. The number of thioether (sulfide) groups is 1. The summed E-state index contributed by atoms with van der Waals surface area (Å²) in [6.45, 7) is 0.374. The number of carbonyl (C=O) groups is 2. The van der Waals surface area contributed by atoms with Crippen LogP contribution < -0.4 is 10.0 Å². The molecule has 0 fully saturated rings. The van der Waals surface area contributed by atoms with E-state index in [-0.39, 0.29) is 16.8 Å². The van der Waals surface area contributed by atoms with Crippen molar-refractivity contribution in [1.82, 2.24) is 10.0 Å². The standard InChI is InChI=1S/C17H26N2O5S2/c1-24-16(20)10-6-7-12-18-17(21)15(11-13-25-2)19-26(22,23)14-8-4-3-5-9-14/h3-5,8-9,15,19H,6-7,10-13H2,1-2H3,(H,18,21). The average Bonchev–Trinajstić information content (AvgIpc) is 2.65. The van der Waals surface area contributed by atoms with Gasteiger partial charge in [0.15, 0.2) is 0 Å². The van der Waals surface area contributed by atoms with Crippen LogP contribution in [0.3, 0.4) is 0 Å². The van der Waals surface area contributed by atoms with Gasteiger partial charge >= 0.3 is 5.97 Å². The highest BCUT2D eigenvalue weighted by Crippen LogP contribution is 2.10. The Morgan fingerprint density at radius 3 is 2.50 bits per heavy atom. The number of amides is 1. The van der Waals surface area contributed by atoms with E-state index in [1.807, 2.05) is 6.26 Å². The molecular formula is C17H26N2O5S2. The van der Waals surface area contributed by atoms with E-state index in [9.17, 15) is 18.0 Å². The Balaban J connectivity index is 2.59. The molecule has 0 bridgehead atoms. The maximum Gasteiger partial charge on any atom is 0.305 e. The minimum Gasteiger partial charge on any atom is -0.469 e. The van der Waals surface area contributed by atoms with E-state index in [1.165, 1.54) is 19.2 Å². The summed E-state index contributed by atoms with van der Waals surface area (Å²) in [4.78, 5) is 23.5. The first kappa shape index (κ1) is 22.5. The molecule has 1 rings (SSSR count). The Morgan fingerprint density at radius 2 is 1.88 bits per heavy atom. The Labute approximate surface area is 159 Å². The molecule has 1 unspecified atom stereocenters. The molecule has 2 N–H and O–H groups in total. The number of carbonyl (C=O) groups excluding carboxylic acids is 2. The van der Waals surface area contributed by atoms with Crippen LogP contribution in [0.2, 0.25) is 0 Å². The summed E-state index contributed by atoms with van der Waals surface area (Å²) in [5.74, 6) is -0.000931. The number of esters is 1. The number of unbranched alkanes of at least 4 members (excludes halogenated alkanes) is 1. The van der Waals surface area contributed by atoms with Crippen molar-refractivity contribution in [3.63, 3.8) is 0 Å². The number of hydrogen-bond acceptors (Lipinski definition) is 6. The van der Waals surface area contributed by atoms with Crippen molar-refractivity contribution in [3.05, 3.63) is 30.3 Å². The highest BCUT2D eigenvalue weighted by molar-refractivity contribution is 7.98. The number of ether oxygens (including phenoxy) is 1. The van der Waals surface area contributed by atoms with Gasteiger partial charge in [-0.3, -0.25) is 9.59 Å². The van der Waals surface area contributed by atoms with Crippen molar-refractivity contribution < 1.29 is 22.7 Å². The third-order valence-electron chi connectivity index (χ3n) is 3.61. The van der Waals surface area contributed by atoms with Gasteiger partial charge in [0.25, 0.3) is 0 Å². The van der Waals surface area contributed by atoms with Crippen LogP contribution in [-0.2, 0) is 24.3 Å². The van der Waals surface area contributed by atoms with Gasteiger partial charge in [0, 0.05) is 13.0 Å². The Bertz CT molecular complexity index is 665. The summed E-state index contributed by atoms with van der Waals surface area (Å²) in [6.07, 6.45) is 3.79. The summed E-state index contributed by atoms with van der Waals surface area (Å²) in [6, 6.07) is 7.12. The largest absolute Gasteiger partial charge is 0.469 e. The molecule has 9 heteroatoms. The lowest BCUT2D eigenvalue weighted by Gasteiger charge is -2.18. The molecule has 26 heavy (non-hydrogen) atoms. The van der Waals surface area contributed by atoms with Crippen molar-refractivity contribution in [2.45, 2.75) is 36.6 Å². The number of hydrogen-bond donors (Lipinski definition) is 2. The van der Waals surface area contributed by atoms with Gasteiger partial charge in [0.05, 0.1) is 12.0 Å². The fourth-order valence-corrected chi connectivity index (χ4v) is 3.89. The summed E-state index contributed by atoms with van der Waals surface area (Å²) in [5, 5.41) is 2.73. The summed E-state index contributed by atoms with van der Waals surface area (Å²) >= 11 is 1.54. The smallest absolute Gasteiger partial charge is 0.305 e. The summed E-state index contributed by atoms with van der Waals surface area (Å²) in [7, 11) is -2.43. The van der Waals surface area contributed by atoms with Crippen LogP contribution in [0.15, 0.2) is 35.2 Å². The van der Waals surface area contributed by atoms with Crippen LogP contribution in [-0.4, -0.2) is 52.0 Å². The molecule has 7 nitrogen and oxygen atoms in total. The molecule has 0 heterocycles. The molecular weight excluding hydrogens is 376 g/mol. The Kier molecular flexibility index (Phi) is 10.3. The topological polar surface area (TPSA) is 102 Å². The first-order valence-corrected chi connectivity index (χ1v) is 11.2. The maximum atomic E-state index is 12.4.